The molecule has 0 amide bonds. The first-order valence-corrected chi connectivity index (χ1v) is 10.0. The summed E-state index contributed by atoms with van der Waals surface area (Å²) in [6, 6.07) is 0.203. The highest BCUT2D eigenvalue weighted by atomic mass is 32.2. The van der Waals surface area contributed by atoms with Gasteiger partial charge in [0.25, 0.3) is 0 Å². The van der Waals surface area contributed by atoms with Crippen molar-refractivity contribution < 1.29 is 8.42 Å². The van der Waals surface area contributed by atoms with Crippen LogP contribution < -0.4 is 5.32 Å². The van der Waals surface area contributed by atoms with Crippen molar-refractivity contribution in [2.75, 3.05) is 18.1 Å². The number of sulfone groups is 1. The zero-order valence-corrected chi connectivity index (χ0v) is 14.1. The van der Waals surface area contributed by atoms with Crippen LogP contribution in [0.3, 0.4) is 0 Å². The molecule has 1 heterocycles. The summed E-state index contributed by atoms with van der Waals surface area (Å²) in [5.74, 6) is 2.35. The smallest absolute Gasteiger partial charge is 0.151 e. The Hall–Kier alpha value is -0.0900. The molecule has 3 nitrogen and oxygen atoms in total. The van der Waals surface area contributed by atoms with Crippen molar-refractivity contribution in [2.24, 2.45) is 17.3 Å². The first-order valence-electron chi connectivity index (χ1n) is 8.20. The molecule has 2 aliphatic rings. The SMILES string of the molecule is CC(C)(C)C1CCC(CNC2CCCS(=O)(=O)C2)CC1. The molecule has 1 aliphatic carbocycles. The fourth-order valence-electron chi connectivity index (χ4n) is 3.75. The number of nitrogens with one attached hydrogen (secondary N) is 1. The van der Waals surface area contributed by atoms with Crippen LogP contribution in [-0.4, -0.2) is 32.5 Å². The number of hydrogen-bond donors (Lipinski definition) is 1. The Morgan fingerprint density at radius 3 is 2.25 bits per heavy atom. The van der Waals surface area contributed by atoms with Gasteiger partial charge in [0.1, 0.15) is 0 Å². The van der Waals surface area contributed by atoms with E-state index in [0.29, 0.717) is 16.9 Å². The first kappa shape index (κ1) is 16.3. The van der Waals surface area contributed by atoms with Crippen LogP contribution in [-0.2, 0) is 9.84 Å². The van der Waals surface area contributed by atoms with Gasteiger partial charge >= 0.3 is 0 Å². The average Bonchev–Trinajstić information content (AvgIpc) is 2.35. The van der Waals surface area contributed by atoms with Crippen LogP contribution >= 0.6 is 0 Å². The summed E-state index contributed by atoms with van der Waals surface area (Å²) in [5, 5.41) is 3.52. The molecule has 1 atom stereocenters. The third-order valence-electron chi connectivity index (χ3n) is 5.23. The van der Waals surface area contributed by atoms with Crippen molar-refractivity contribution >= 4 is 9.84 Å². The van der Waals surface area contributed by atoms with E-state index < -0.39 is 9.84 Å². The van der Waals surface area contributed by atoms with Crippen LogP contribution in [0.15, 0.2) is 0 Å². The predicted molar refractivity (Wildman–Crippen MR) is 84.6 cm³/mol. The third-order valence-corrected chi connectivity index (χ3v) is 7.05. The first-order chi connectivity index (χ1) is 9.26. The standard InChI is InChI=1S/C16H31NO2S/c1-16(2,3)14-8-6-13(7-9-14)11-17-15-5-4-10-20(18,19)12-15/h13-15,17H,4-12H2,1-3H3. The summed E-state index contributed by atoms with van der Waals surface area (Å²) in [6.45, 7) is 8.06. The van der Waals surface area contributed by atoms with Gasteiger partial charge in [0.05, 0.1) is 11.5 Å². The highest BCUT2D eigenvalue weighted by Gasteiger charge is 2.30. The summed E-state index contributed by atoms with van der Waals surface area (Å²) < 4.78 is 23.3. The van der Waals surface area contributed by atoms with Crippen molar-refractivity contribution in [2.45, 2.75) is 65.3 Å². The van der Waals surface area contributed by atoms with Gasteiger partial charge < -0.3 is 5.32 Å². The molecule has 0 aromatic carbocycles. The summed E-state index contributed by atoms with van der Waals surface area (Å²) >= 11 is 0. The van der Waals surface area contributed by atoms with Crippen LogP contribution in [0.5, 0.6) is 0 Å². The Morgan fingerprint density at radius 2 is 1.70 bits per heavy atom. The lowest BCUT2D eigenvalue weighted by atomic mass is 9.70. The van der Waals surface area contributed by atoms with Crippen LogP contribution in [0.25, 0.3) is 0 Å². The Kier molecular flexibility index (Phi) is 5.17. The monoisotopic (exact) mass is 301 g/mol. The van der Waals surface area contributed by atoms with Gasteiger partial charge in [0, 0.05) is 6.04 Å². The lowest BCUT2D eigenvalue weighted by molar-refractivity contribution is 0.147. The molecule has 1 unspecified atom stereocenters. The van der Waals surface area contributed by atoms with Gasteiger partial charge in [-0.05, 0) is 62.3 Å². The highest BCUT2D eigenvalue weighted by Crippen LogP contribution is 2.39. The van der Waals surface area contributed by atoms with E-state index in [1.54, 1.807) is 0 Å². The average molecular weight is 301 g/mol. The van der Waals surface area contributed by atoms with Gasteiger partial charge in [-0.2, -0.15) is 0 Å². The molecule has 0 radical (unpaired) electrons. The van der Waals surface area contributed by atoms with E-state index in [2.05, 4.69) is 26.1 Å². The van der Waals surface area contributed by atoms with Crippen molar-refractivity contribution in [3.05, 3.63) is 0 Å². The molecular weight excluding hydrogens is 270 g/mol. The Bertz CT molecular complexity index is 403. The van der Waals surface area contributed by atoms with Gasteiger partial charge in [-0.15, -0.1) is 0 Å². The molecule has 2 fully saturated rings. The Morgan fingerprint density at radius 1 is 1.05 bits per heavy atom. The van der Waals surface area contributed by atoms with Crippen molar-refractivity contribution in [1.29, 1.82) is 0 Å². The van der Waals surface area contributed by atoms with Crippen LogP contribution in [0.4, 0.5) is 0 Å². The van der Waals surface area contributed by atoms with Crippen molar-refractivity contribution in [3.63, 3.8) is 0 Å². The van der Waals surface area contributed by atoms with E-state index in [9.17, 15) is 8.42 Å². The minimum Gasteiger partial charge on any atom is -0.313 e. The molecule has 2 rings (SSSR count). The van der Waals surface area contributed by atoms with Gasteiger partial charge in [-0.3, -0.25) is 0 Å². The summed E-state index contributed by atoms with van der Waals surface area (Å²) in [4.78, 5) is 0. The summed E-state index contributed by atoms with van der Waals surface area (Å²) in [6.07, 6.45) is 7.12. The molecular formula is C16H31NO2S. The molecule has 1 N–H and O–H groups in total. The zero-order valence-electron chi connectivity index (χ0n) is 13.3. The van der Waals surface area contributed by atoms with Gasteiger partial charge in [-0.1, -0.05) is 20.8 Å². The maximum atomic E-state index is 11.6. The predicted octanol–water partition coefficient (Wildman–Crippen LogP) is 3.01. The summed E-state index contributed by atoms with van der Waals surface area (Å²) in [5.41, 5.74) is 0.440. The molecule has 1 aliphatic heterocycles. The van der Waals surface area contributed by atoms with Crippen molar-refractivity contribution in [1.82, 2.24) is 5.32 Å². The van der Waals surface area contributed by atoms with E-state index in [0.717, 1.165) is 31.2 Å². The second kappa shape index (κ2) is 6.35. The fraction of sp³-hybridized carbons (Fsp3) is 1.00. The van der Waals surface area contributed by atoms with Crippen LogP contribution in [0.2, 0.25) is 0 Å². The fourth-order valence-corrected chi connectivity index (χ4v) is 5.42. The van der Waals surface area contributed by atoms with Crippen LogP contribution in [0, 0.1) is 17.3 Å². The van der Waals surface area contributed by atoms with Crippen LogP contribution in [0.1, 0.15) is 59.3 Å². The molecule has 4 heteroatoms. The molecule has 20 heavy (non-hydrogen) atoms. The Balaban J connectivity index is 1.71. The minimum atomic E-state index is -2.78. The Labute approximate surface area is 124 Å². The molecule has 0 aromatic heterocycles. The zero-order chi connectivity index (χ0) is 14.8. The molecule has 118 valence electrons. The maximum absolute atomic E-state index is 11.6. The van der Waals surface area contributed by atoms with E-state index in [1.165, 1.54) is 25.7 Å². The third kappa shape index (κ3) is 4.73. The second-order valence-corrected chi connectivity index (χ2v) is 10.2. The molecule has 0 bridgehead atoms. The molecule has 1 saturated carbocycles. The minimum absolute atomic E-state index is 0.203. The highest BCUT2D eigenvalue weighted by molar-refractivity contribution is 7.91. The van der Waals surface area contributed by atoms with E-state index in [-0.39, 0.29) is 6.04 Å². The molecule has 0 aromatic rings. The van der Waals surface area contributed by atoms with E-state index in [4.69, 9.17) is 0 Å². The summed E-state index contributed by atoms with van der Waals surface area (Å²) in [7, 11) is -2.78. The van der Waals surface area contributed by atoms with Gasteiger partial charge in [-0.25, -0.2) is 8.42 Å². The lowest BCUT2D eigenvalue weighted by Crippen LogP contribution is -2.42. The maximum Gasteiger partial charge on any atom is 0.151 e. The van der Waals surface area contributed by atoms with E-state index in [1.807, 2.05) is 0 Å². The van der Waals surface area contributed by atoms with Gasteiger partial charge in [0.2, 0.25) is 0 Å². The van der Waals surface area contributed by atoms with Gasteiger partial charge in [0.15, 0.2) is 9.84 Å². The molecule has 0 spiro atoms. The lowest BCUT2D eigenvalue weighted by Gasteiger charge is -2.37. The van der Waals surface area contributed by atoms with E-state index >= 15 is 0 Å². The number of hydrogen-bond acceptors (Lipinski definition) is 3. The second-order valence-electron chi connectivity index (χ2n) is 7.95. The number of rotatable bonds is 3. The quantitative estimate of drug-likeness (QED) is 0.871. The normalized spacial score (nSPS) is 34.9. The van der Waals surface area contributed by atoms with Crippen molar-refractivity contribution in [3.8, 4) is 0 Å². The topological polar surface area (TPSA) is 46.2 Å². The molecule has 1 saturated heterocycles. The largest absolute Gasteiger partial charge is 0.313 e.